The quantitative estimate of drug-likeness (QED) is 0.861. The molecule has 0 bridgehead atoms. The summed E-state index contributed by atoms with van der Waals surface area (Å²) in [5, 5.41) is 7.06. The van der Waals surface area contributed by atoms with Crippen molar-refractivity contribution in [3.05, 3.63) is 47.5 Å². The molecule has 2 aromatic rings. The van der Waals surface area contributed by atoms with Crippen LogP contribution in [0.5, 0.6) is 11.5 Å². The maximum atomic E-state index is 6.20. The van der Waals surface area contributed by atoms with E-state index < -0.39 is 11.4 Å². The van der Waals surface area contributed by atoms with Crippen molar-refractivity contribution in [2.24, 2.45) is 0 Å². The van der Waals surface area contributed by atoms with Gasteiger partial charge in [-0.05, 0) is 51.0 Å². The van der Waals surface area contributed by atoms with E-state index in [-0.39, 0.29) is 0 Å². The fourth-order valence-electron chi connectivity index (χ4n) is 3.64. The molecule has 0 aromatic heterocycles. The Morgan fingerprint density at radius 3 is 1.61 bits per heavy atom. The maximum absolute atomic E-state index is 6.20. The summed E-state index contributed by atoms with van der Waals surface area (Å²) < 4.78 is 12.4. The van der Waals surface area contributed by atoms with E-state index in [0.717, 1.165) is 22.9 Å². The van der Waals surface area contributed by atoms with Crippen LogP contribution in [0.15, 0.2) is 36.4 Å². The van der Waals surface area contributed by atoms with Gasteiger partial charge in [-0.3, -0.25) is 0 Å². The molecule has 2 aromatic carbocycles. The lowest BCUT2D eigenvalue weighted by Gasteiger charge is -2.34. The fourth-order valence-corrected chi connectivity index (χ4v) is 3.64. The van der Waals surface area contributed by atoms with Gasteiger partial charge in [-0.2, -0.15) is 0 Å². The number of ether oxygens (including phenoxy) is 2. The summed E-state index contributed by atoms with van der Waals surface area (Å²) in [5.74, 6) is 1.81. The first-order chi connectivity index (χ1) is 10.9. The Kier molecular flexibility index (Phi) is 2.83. The third-order valence-corrected chi connectivity index (χ3v) is 4.59. The topological polar surface area (TPSA) is 42.5 Å². The minimum atomic E-state index is -0.508. The minimum Gasteiger partial charge on any atom is -0.466 e. The van der Waals surface area contributed by atoms with Crippen LogP contribution in [0.1, 0.15) is 31.4 Å². The molecule has 0 fully saturated rings. The second kappa shape index (κ2) is 4.57. The van der Waals surface area contributed by atoms with Crippen molar-refractivity contribution >= 4 is 11.4 Å². The van der Waals surface area contributed by atoms with Gasteiger partial charge in [0.1, 0.15) is 11.5 Å². The molecular formula is C19H22N2O2. The van der Waals surface area contributed by atoms with Crippen molar-refractivity contribution in [1.82, 2.24) is 0 Å². The Labute approximate surface area is 136 Å². The van der Waals surface area contributed by atoms with E-state index in [0.29, 0.717) is 6.42 Å². The van der Waals surface area contributed by atoms with Crippen LogP contribution in [0, 0.1) is 13.8 Å². The highest BCUT2D eigenvalue weighted by molar-refractivity contribution is 5.68. The molecule has 0 spiro atoms. The molecule has 4 rings (SSSR count). The summed E-state index contributed by atoms with van der Waals surface area (Å²) >= 11 is 0. The van der Waals surface area contributed by atoms with Crippen molar-refractivity contribution in [3.8, 4) is 11.5 Å². The molecule has 0 saturated carbocycles. The smallest absolute Gasteiger partial charge is 0.183 e. The van der Waals surface area contributed by atoms with Gasteiger partial charge < -0.3 is 20.1 Å². The van der Waals surface area contributed by atoms with Gasteiger partial charge in [-0.15, -0.1) is 0 Å². The monoisotopic (exact) mass is 310 g/mol. The molecule has 2 aliphatic rings. The van der Waals surface area contributed by atoms with Crippen LogP contribution in [0.25, 0.3) is 0 Å². The molecule has 2 N–H and O–H groups in total. The molecule has 2 unspecified atom stereocenters. The summed E-state index contributed by atoms with van der Waals surface area (Å²) in [4.78, 5) is 0. The zero-order valence-corrected chi connectivity index (χ0v) is 14.0. The average Bonchev–Trinajstić information content (AvgIpc) is 2.97. The van der Waals surface area contributed by atoms with Crippen LogP contribution in [-0.4, -0.2) is 11.4 Å². The average molecular weight is 310 g/mol. The van der Waals surface area contributed by atoms with Gasteiger partial charge in [-0.25, -0.2) is 0 Å². The van der Waals surface area contributed by atoms with Crippen LogP contribution in [0.3, 0.4) is 0 Å². The molecule has 2 aliphatic heterocycles. The molecule has 2 atom stereocenters. The van der Waals surface area contributed by atoms with Gasteiger partial charge in [0.25, 0.3) is 0 Å². The standard InChI is InChI=1S/C19H22N2O2/c1-12-7-5-9-14-16(12)20-18(3,22-14)11-19(4)21-17-13(2)8-6-10-15(17)23-19/h5-10,20-21H,11H2,1-4H3. The first-order valence-electron chi connectivity index (χ1n) is 8.01. The van der Waals surface area contributed by atoms with Crippen LogP contribution in [-0.2, 0) is 0 Å². The van der Waals surface area contributed by atoms with Crippen LogP contribution >= 0.6 is 0 Å². The highest BCUT2D eigenvalue weighted by Gasteiger charge is 2.46. The maximum Gasteiger partial charge on any atom is 0.183 e. The molecule has 4 heteroatoms. The first kappa shape index (κ1) is 14.2. The summed E-state index contributed by atoms with van der Waals surface area (Å²) in [6.45, 7) is 8.31. The number of hydrogen-bond acceptors (Lipinski definition) is 4. The largest absolute Gasteiger partial charge is 0.466 e. The van der Waals surface area contributed by atoms with Gasteiger partial charge in [0.05, 0.1) is 17.8 Å². The Morgan fingerprint density at radius 1 is 0.783 bits per heavy atom. The van der Waals surface area contributed by atoms with Gasteiger partial charge in [-0.1, -0.05) is 24.3 Å². The van der Waals surface area contributed by atoms with Crippen LogP contribution < -0.4 is 20.1 Å². The molecule has 2 heterocycles. The summed E-state index contributed by atoms with van der Waals surface area (Å²) in [7, 11) is 0. The number of nitrogens with one attached hydrogen (secondary N) is 2. The molecule has 23 heavy (non-hydrogen) atoms. The van der Waals surface area contributed by atoms with Crippen LogP contribution in [0.2, 0.25) is 0 Å². The van der Waals surface area contributed by atoms with Crippen molar-refractivity contribution in [3.63, 3.8) is 0 Å². The summed E-state index contributed by atoms with van der Waals surface area (Å²) in [5.41, 5.74) is 3.51. The number of aryl methyl sites for hydroxylation is 2. The molecule has 0 amide bonds. The van der Waals surface area contributed by atoms with Crippen molar-refractivity contribution in [2.45, 2.75) is 45.6 Å². The summed E-state index contributed by atoms with van der Waals surface area (Å²) in [6.07, 6.45) is 0.669. The molecule has 4 nitrogen and oxygen atoms in total. The van der Waals surface area contributed by atoms with Crippen molar-refractivity contribution < 1.29 is 9.47 Å². The van der Waals surface area contributed by atoms with E-state index in [9.17, 15) is 0 Å². The van der Waals surface area contributed by atoms with E-state index in [1.54, 1.807) is 0 Å². The zero-order chi connectivity index (χ0) is 16.2. The lowest BCUT2D eigenvalue weighted by Crippen LogP contribution is -2.49. The SMILES string of the molecule is Cc1cccc2c1NC(C)(CC1(C)Nc3c(C)cccc3O1)O2. The van der Waals surface area contributed by atoms with Gasteiger partial charge in [0, 0.05) is 0 Å². The first-order valence-corrected chi connectivity index (χ1v) is 8.01. The lowest BCUT2D eigenvalue weighted by molar-refractivity contribution is 0.0338. The van der Waals surface area contributed by atoms with Gasteiger partial charge in [0.2, 0.25) is 0 Å². The number of fused-ring (bicyclic) bond motifs is 2. The second-order valence-electron chi connectivity index (χ2n) is 6.99. The Morgan fingerprint density at radius 2 is 1.22 bits per heavy atom. The second-order valence-corrected chi connectivity index (χ2v) is 6.99. The van der Waals surface area contributed by atoms with Gasteiger partial charge >= 0.3 is 0 Å². The minimum absolute atomic E-state index is 0.508. The Bertz CT molecular complexity index is 723. The molecule has 0 saturated heterocycles. The van der Waals surface area contributed by atoms with Crippen LogP contribution in [0.4, 0.5) is 11.4 Å². The predicted octanol–water partition coefficient (Wildman–Crippen LogP) is 4.43. The van der Waals surface area contributed by atoms with E-state index in [1.165, 1.54) is 11.1 Å². The van der Waals surface area contributed by atoms with E-state index in [1.807, 2.05) is 24.3 Å². The third-order valence-electron chi connectivity index (χ3n) is 4.59. The zero-order valence-electron chi connectivity index (χ0n) is 14.0. The number of hydrogen-bond donors (Lipinski definition) is 2. The highest BCUT2D eigenvalue weighted by Crippen LogP contribution is 2.46. The van der Waals surface area contributed by atoms with E-state index in [4.69, 9.17) is 9.47 Å². The third kappa shape index (κ3) is 2.29. The number of anilines is 2. The summed E-state index contributed by atoms with van der Waals surface area (Å²) in [6, 6.07) is 12.2. The van der Waals surface area contributed by atoms with Crippen molar-refractivity contribution in [2.75, 3.05) is 10.6 Å². The fraction of sp³-hybridized carbons (Fsp3) is 0.368. The Hall–Kier alpha value is -2.36. The normalized spacial score (nSPS) is 27.3. The highest BCUT2D eigenvalue weighted by atomic mass is 16.5. The number of rotatable bonds is 2. The van der Waals surface area contributed by atoms with E-state index >= 15 is 0 Å². The number of benzene rings is 2. The molecular weight excluding hydrogens is 288 g/mol. The lowest BCUT2D eigenvalue weighted by atomic mass is 10.0. The molecule has 0 radical (unpaired) electrons. The Balaban J connectivity index is 1.58. The van der Waals surface area contributed by atoms with E-state index in [2.05, 4.69) is 50.5 Å². The van der Waals surface area contributed by atoms with Gasteiger partial charge in [0.15, 0.2) is 11.4 Å². The molecule has 0 aliphatic carbocycles. The predicted molar refractivity (Wildman–Crippen MR) is 92.3 cm³/mol. The number of para-hydroxylation sites is 2. The molecule has 120 valence electrons. The van der Waals surface area contributed by atoms with Crippen molar-refractivity contribution in [1.29, 1.82) is 0 Å².